The number of hydrogen-bond donors (Lipinski definition) is 2. The minimum atomic E-state index is -0.0420. The van der Waals surface area contributed by atoms with Crippen LogP contribution in [0.15, 0.2) is 24.3 Å². The van der Waals surface area contributed by atoms with Crippen LogP contribution in [0, 0.1) is 5.41 Å². The van der Waals surface area contributed by atoms with Crippen LogP contribution in [0.1, 0.15) is 32.4 Å². The van der Waals surface area contributed by atoms with E-state index in [0.717, 1.165) is 5.56 Å². The van der Waals surface area contributed by atoms with Crippen molar-refractivity contribution in [3.05, 3.63) is 29.8 Å². The first-order valence-electron chi connectivity index (χ1n) is 4.46. The maximum absolute atomic E-state index is 9.27. The van der Waals surface area contributed by atoms with E-state index in [2.05, 4.69) is 20.8 Å². The molecule has 1 aromatic carbocycles. The molecule has 3 heteroatoms. The number of benzene rings is 1. The Bertz CT molecular complexity index is 294. The third kappa shape index (κ3) is 3.20. The van der Waals surface area contributed by atoms with E-state index < -0.39 is 0 Å². The molecule has 0 saturated heterocycles. The predicted molar refractivity (Wildman–Crippen MR) is 61.7 cm³/mol. The van der Waals surface area contributed by atoms with Crippen LogP contribution in [-0.2, 0) is 0 Å². The average molecular weight is 216 g/mol. The van der Waals surface area contributed by atoms with Crippen LogP contribution < -0.4 is 5.73 Å². The Labute approximate surface area is 91.5 Å². The summed E-state index contributed by atoms with van der Waals surface area (Å²) in [6.45, 7) is 6.26. The molecule has 0 aliphatic carbocycles. The van der Waals surface area contributed by atoms with Gasteiger partial charge in [-0.25, -0.2) is 0 Å². The highest BCUT2D eigenvalue weighted by Gasteiger charge is 2.22. The number of nitrogens with two attached hydrogens (primary N) is 1. The maximum Gasteiger partial charge on any atom is 0.115 e. The molecule has 3 N–H and O–H groups in total. The van der Waals surface area contributed by atoms with Gasteiger partial charge >= 0.3 is 0 Å². The zero-order chi connectivity index (χ0) is 10.1. The lowest BCUT2D eigenvalue weighted by molar-refractivity contribution is 0.326. The first kappa shape index (κ1) is 13.3. The molecule has 1 aromatic rings. The van der Waals surface area contributed by atoms with E-state index in [1.165, 1.54) is 0 Å². The highest BCUT2D eigenvalue weighted by molar-refractivity contribution is 5.85. The summed E-state index contributed by atoms with van der Waals surface area (Å²) in [6, 6.07) is 7.08. The highest BCUT2D eigenvalue weighted by Crippen LogP contribution is 2.31. The Kier molecular flexibility index (Phi) is 4.43. The molecule has 0 amide bonds. The summed E-state index contributed by atoms with van der Waals surface area (Å²) in [5, 5.41) is 9.27. The van der Waals surface area contributed by atoms with Gasteiger partial charge in [0.05, 0.1) is 0 Å². The number of hydrogen-bond acceptors (Lipinski definition) is 2. The van der Waals surface area contributed by atoms with E-state index in [1.807, 2.05) is 12.1 Å². The molecule has 0 aliphatic heterocycles. The van der Waals surface area contributed by atoms with Crippen molar-refractivity contribution in [3.63, 3.8) is 0 Å². The largest absolute Gasteiger partial charge is 0.508 e. The van der Waals surface area contributed by atoms with Crippen molar-refractivity contribution in [1.82, 2.24) is 0 Å². The van der Waals surface area contributed by atoms with Crippen molar-refractivity contribution >= 4 is 12.4 Å². The smallest absolute Gasteiger partial charge is 0.115 e. The molecule has 0 radical (unpaired) electrons. The third-order valence-corrected chi connectivity index (χ3v) is 2.16. The fourth-order valence-electron chi connectivity index (χ4n) is 1.22. The normalized spacial score (nSPS) is 13.1. The van der Waals surface area contributed by atoms with Crippen molar-refractivity contribution in [2.45, 2.75) is 26.8 Å². The highest BCUT2D eigenvalue weighted by atomic mass is 35.5. The van der Waals surface area contributed by atoms with Gasteiger partial charge in [0.25, 0.3) is 0 Å². The number of aromatic hydroxyl groups is 1. The minimum Gasteiger partial charge on any atom is -0.508 e. The van der Waals surface area contributed by atoms with Crippen LogP contribution in [-0.4, -0.2) is 5.11 Å². The molecule has 1 rings (SSSR count). The molecule has 0 bridgehead atoms. The zero-order valence-corrected chi connectivity index (χ0v) is 9.64. The summed E-state index contributed by atoms with van der Waals surface area (Å²) >= 11 is 0. The Morgan fingerprint density at radius 3 is 2.29 bits per heavy atom. The van der Waals surface area contributed by atoms with Crippen molar-refractivity contribution < 1.29 is 5.11 Å². The van der Waals surface area contributed by atoms with Crippen LogP contribution in [0.4, 0.5) is 0 Å². The first-order chi connectivity index (χ1) is 5.91. The second-order valence-corrected chi connectivity index (χ2v) is 4.44. The van der Waals surface area contributed by atoms with Crippen molar-refractivity contribution in [1.29, 1.82) is 0 Å². The molecule has 80 valence electrons. The molecule has 0 heterocycles. The summed E-state index contributed by atoms with van der Waals surface area (Å²) in [4.78, 5) is 0. The van der Waals surface area contributed by atoms with Gasteiger partial charge < -0.3 is 10.8 Å². The van der Waals surface area contributed by atoms with E-state index in [0.29, 0.717) is 0 Å². The van der Waals surface area contributed by atoms with Crippen LogP contribution in [0.25, 0.3) is 0 Å². The molecular weight excluding hydrogens is 198 g/mol. The summed E-state index contributed by atoms with van der Waals surface area (Å²) in [5.41, 5.74) is 7.03. The van der Waals surface area contributed by atoms with Gasteiger partial charge in [-0.15, -0.1) is 12.4 Å². The van der Waals surface area contributed by atoms with Gasteiger partial charge in [-0.05, 0) is 23.1 Å². The molecule has 2 nitrogen and oxygen atoms in total. The number of halogens is 1. The lowest BCUT2D eigenvalue weighted by Gasteiger charge is -2.27. The van der Waals surface area contributed by atoms with Gasteiger partial charge in [0.1, 0.15) is 5.75 Å². The fourth-order valence-corrected chi connectivity index (χ4v) is 1.22. The average Bonchev–Trinajstić information content (AvgIpc) is 2.01. The number of phenols is 1. The van der Waals surface area contributed by atoms with Crippen LogP contribution in [0.5, 0.6) is 5.75 Å². The van der Waals surface area contributed by atoms with Gasteiger partial charge in [-0.2, -0.15) is 0 Å². The molecule has 0 spiro atoms. The minimum absolute atomic E-state index is 0. The standard InChI is InChI=1S/C11H17NO.ClH/c1-11(2,3)10(12)8-5-4-6-9(13)7-8;/h4-7,10,13H,12H2,1-3H3;1H/t10-;/m1./s1. The SMILES string of the molecule is CC(C)(C)[C@H](N)c1cccc(O)c1.Cl. The summed E-state index contributed by atoms with van der Waals surface area (Å²) < 4.78 is 0. The lowest BCUT2D eigenvalue weighted by atomic mass is 9.83. The second-order valence-electron chi connectivity index (χ2n) is 4.44. The predicted octanol–water partition coefficient (Wildman–Crippen LogP) is 2.86. The van der Waals surface area contributed by atoms with E-state index in [9.17, 15) is 5.11 Å². The van der Waals surface area contributed by atoms with Gasteiger partial charge in [0.15, 0.2) is 0 Å². The number of phenolic OH excluding ortho intramolecular Hbond substituents is 1. The molecule has 0 aromatic heterocycles. The van der Waals surface area contributed by atoms with E-state index in [-0.39, 0.29) is 29.6 Å². The Hall–Kier alpha value is -0.730. The van der Waals surface area contributed by atoms with E-state index in [1.54, 1.807) is 12.1 Å². The zero-order valence-electron chi connectivity index (χ0n) is 8.82. The fraction of sp³-hybridized carbons (Fsp3) is 0.455. The van der Waals surface area contributed by atoms with Gasteiger partial charge in [0.2, 0.25) is 0 Å². The number of rotatable bonds is 1. The van der Waals surface area contributed by atoms with Crippen LogP contribution in [0.3, 0.4) is 0 Å². The van der Waals surface area contributed by atoms with Gasteiger partial charge in [-0.1, -0.05) is 32.9 Å². The van der Waals surface area contributed by atoms with Gasteiger partial charge in [0, 0.05) is 6.04 Å². The summed E-state index contributed by atoms with van der Waals surface area (Å²) in [7, 11) is 0. The molecule has 0 aliphatic rings. The van der Waals surface area contributed by atoms with Crippen molar-refractivity contribution in [3.8, 4) is 5.75 Å². The third-order valence-electron chi connectivity index (χ3n) is 2.16. The topological polar surface area (TPSA) is 46.2 Å². The van der Waals surface area contributed by atoms with Crippen LogP contribution >= 0.6 is 12.4 Å². The van der Waals surface area contributed by atoms with E-state index >= 15 is 0 Å². The first-order valence-corrected chi connectivity index (χ1v) is 4.46. The molecule has 0 saturated carbocycles. The Morgan fingerprint density at radius 1 is 1.29 bits per heavy atom. The lowest BCUT2D eigenvalue weighted by Crippen LogP contribution is -2.26. The molecule has 14 heavy (non-hydrogen) atoms. The molecule has 0 unspecified atom stereocenters. The summed E-state index contributed by atoms with van der Waals surface area (Å²) in [6.07, 6.45) is 0. The molecular formula is C11H18ClNO. The second kappa shape index (κ2) is 4.67. The van der Waals surface area contributed by atoms with E-state index in [4.69, 9.17) is 5.73 Å². The Morgan fingerprint density at radius 2 is 1.86 bits per heavy atom. The van der Waals surface area contributed by atoms with Crippen molar-refractivity contribution in [2.24, 2.45) is 11.1 Å². The monoisotopic (exact) mass is 215 g/mol. The van der Waals surface area contributed by atoms with Crippen LogP contribution in [0.2, 0.25) is 0 Å². The van der Waals surface area contributed by atoms with Crippen molar-refractivity contribution in [2.75, 3.05) is 0 Å². The Balaban J connectivity index is 0.00000169. The molecule has 1 atom stereocenters. The quantitative estimate of drug-likeness (QED) is 0.757. The maximum atomic E-state index is 9.27. The summed E-state index contributed by atoms with van der Waals surface area (Å²) in [5.74, 6) is 0.275. The molecule has 0 fully saturated rings. The van der Waals surface area contributed by atoms with Gasteiger partial charge in [-0.3, -0.25) is 0 Å².